The molecule has 1 heterocycles. The molecule has 0 spiro atoms. The lowest BCUT2D eigenvalue weighted by Gasteiger charge is -2.31. The minimum Gasteiger partial charge on any atom is -0.367 e. The summed E-state index contributed by atoms with van der Waals surface area (Å²) in [4.78, 5) is 2.58. The first kappa shape index (κ1) is 12.4. The SMILES string of the molecule is CCCCN(c1ccccc1)C1CNC(C)C1. The Balaban J connectivity index is 2.08. The van der Waals surface area contributed by atoms with E-state index in [0.717, 1.165) is 6.54 Å². The average molecular weight is 232 g/mol. The van der Waals surface area contributed by atoms with E-state index >= 15 is 0 Å². The van der Waals surface area contributed by atoms with Crippen LogP contribution in [-0.2, 0) is 0 Å². The summed E-state index contributed by atoms with van der Waals surface area (Å²) in [5.41, 5.74) is 1.38. The van der Waals surface area contributed by atoms with Gasteiger partial charge in [-0.3, -0.25) is 0 Å². The molecule has 1 fully saturated rings. The second-order valence-corrected chi connectivity index (χ2v) is 5.08. The van der Waals surface area contributed by atoms with E-state index in [1.54, 1.807) is 0 Å². The number of anilines is 1. The smallest absolute Gasteiger partial charge is 0.0429 e. The largest absolute Gasteiger partial charge is 0.367 e. The normalized spacial score (nSPS) is 23.9. The summed E-state index contributed by atoms with van der Waals surface area (Å²) in [7, 11) is 0. The number of benzene rings is 1. The highest BCUT2D eigenvalue weighted by molar-refractivity contribution is 5.47. The third-order valence-corrected chi connectivity index (χ3v) is 3.61. The van der Waals surface area contributed by atoms with Gasteiger partial charge in [-0.2, -0.15) is 0 Å². The van der Waals surface area contributed by atoms with Crippen LogP contribution in [0.5, 0.6) is 0 Å². The third kappa shape index (κ3) is 3.22. The molecule has 1 aromatic rings. The molecule has 1 N–H and O–H groups in total. The summed E-state index contributed by atoms with van der Waals surface area (Å²) in [6.45, 7) is 6.85. The zero-order valence-electron chi connectivity index (χ0n) is 11.0. The molecule has 0 bridgehead atoms. The Morgan fingerprint density at radius 1 is 1.29 bits per heavy atom. The van der Waals surface area contributed by atoms with Crippen LogP contribution in [0.2, 0.25) is 0 Å². The van der Waals surface area contributed by atoms with Gasteiger partial charge in [0.25, 0.3) is 0 Å². The van der Waals surface area contributed by atoms with Gasteiger partial charge in [0.1, 0.15) is 0 Å². The molecule has 1 saturated heterocycles. The maximum atomic E-state index is 3.55. The fourth-order valence-electron chi connectivity index (χ4n) is 2.62. The van der Waals surface area contributed by atoms with E-state index in [9.17, 15) is 0 Å². The third-order valence-electron chi connectivity index (χ3n) is 3.61. The zero-order valence-corrected chi connectivity index (χ0v) is 11.0. The van der Waals surface area contributed by atoms with E-state index in [-0.39, 0.29) is 0 Å². The van der Waals surface area contributed by atoms with Crippen molar-refractivity contribution >= 4 is 5.69 Å². The maximum Gasteiger partial charge on any atom is 0.0429 e. The molecule has 1 aliphatic heterocycles. The molecule has 1 aromatic carbocycles. The van der Waals surface area contributed by atoms with Gasteiger partial charge in [0, 0.05) is 30.9 Å². The maximum absolute atomic E-state index is 3.55. The van der Waals surface area contributed by atoms with Crippen LogP contribution in [-0.4, -0.2) is 25.2 Å². The molecule has 2 atom stereocenters. The molecule has 0 radical (unpaired) electrons. The van der Waals surface area contributed by atoms with Gasteiger partial charge in [-0.1, -0.05) is 31.5 Å². The van der Waals surface area contributed by atoms with E-state index in [0.29, 0.717) is 12.1 Å². The van der Waals surface area contributed by atoms with Crippen molar-refractivity contribution in [1.29, 1.82) is 0 Å². The Morgan fingerprint density at radius 3 is 2.65 bits per heavy atom. The zero-order chi connectivity index (χ0) is 12.1. The van der Waals surface area contributed by atoms with Gasteiger partial charge in [0.2, 0.25) is 0 Å². The van der Waals surface area contributed by atoms with Crippen molar-refractivity contribution in [2.75, 3.05) is 18.0 Å². The van der Waals surface area contributed by atoms with Gasteiger partial charge in [-0.25, -0.2) is 0 Å². The van der Waals surface area contributed by atoms with Crippen LogP contribution in [0.1, 0.15) is 33.1 Å². The van der Waals surface area contributed by atoms with Gasteiger partial charge < -0.3 is 10.2 Å². The Labute approximate surface area is 105 Å². The Kier molecular flexibility index (Phi) is 4.43. The van der Waals surface area contributed by atoms with Crippen LogP contribution in [0.3, 0.4) is 0 Å². The van der Waals surface area contributed by atoms with Crippen LogP contribution in [0.4, 0.5) is 5.69 Å². The second-order valence-electron chi connectivity index (χ2n) is 5.08. The predicted octanol–water partition coefficient (Wildman–Crippen LogP) is 3.04. The highest BCUT2D eigenvalue weighted by atomic mass is 15.2. The van der Waals surface area contributed by atoms with Crippen LogP contribution in [0.15, 0.2) is 30.3 Å². The van der Waals surface area contributed by atoms with Crippen LogP contribution >= 0.6 is 0 Å². The Hall–Kier alpha value is -1.02. The molecule has 2 nitrogen and oxygen atoms in total. The predicted molar refractivity (Wildman–Crippen MR) is 74.6 cm³/mol. The number of nitrogens with one attached hydrogen (secondary N) is 1. The standard InChI is InChI=1S/C15H24N2/c1-3-4-10-17(14-8-6-5-7-9-14)15-11-13(2)16-12-15/h5-9,13,15-16H,3-4,10-12H2,1-2H3. The summed E-state index contributed by atoms with van der Waals surface area (Å²) < 4.78 is 0. The van der Waals surface area contributed by atoms with Crippen molar-refractivity contribution in [3.05, 3.63) is 30.3 Å². The average Bonchev–Trinajstić information content (AvgIpc) is 2.78. The highest BCUT2D eigenvalue weighted by Gasteiger charge is 2.26. The molecule has 2 heteroatoms. The van der Waals surface area contributed by atoms with Crippen molar-refractivity contribution in [3.8, 4) is 0 Å². The summed E-state index contributed by atoms with van der Waals surface area (Å²) in [5, 5.41) is 3.55. The van der Waals surface area contributed by atoms with E-state index in [1.807, 2.05) is 0 Å². The van der Waals surface area contributed by atoms with Crippen LogP contribution in [0, 0.1) is 0 Å². The number of unbranched alkanes of at least 4 members (excludes halogenated alkanes) is 1. The quantitative estimate of drug-likeness (QED) is 0.839. The summed E-state index contributed by atoms with van der Waals surface area (Å²) in [5.74, 6) is 0. The summed E-state index contributed by atoms with van der Waals surface area (Å²) in [6.07, 6.45) is 3.80. The van der Waals surface area contributed by atoms with Gasteiger partial charge in [-0.15, -0.1) is 0 Å². The highest BCUT2D eigenvalue weighted by Crippen LogP contribution is 2.22. The Bertz CT molecular complexity index is 323. The lowest BCUT2D eigenvalue weighted by atomic mass is 10.1. The van der Waals surface area contributed by atoms with Crippen molar-refractivity contribution in [2.24, 2.45) is 0 Å². The minimum atomic E-state index is 0.660. The van der Waals surface area contributed by atoms with Crippen LogP contribution < -0.4 is 10.2 Å². The summed E-state index contributed by atoms with van der Waals surface area (Å²) >= 11 is 0. The Morgan fingerprint density at radius 2 is 2.06 bits per heavy atom. The fourth-order valence-corrected chi connectivity index (χ4v) is 2.62. The van der Waals surface area contributed by atoms with Crippen molar-refractivity contribution in [1.82, 2.24) is 5.32 Å². The second kappa shape index (κ2) is 6.06. The van der Waals surface area contributed by atoms with Crippen LogP contribution in [0.25, 0.3) is 0 Å². The number of hydrogen-bond acceptors (Lipinski definition) is 2. The molecule has 0 aliphatic carbocycles. The molecule has 17 heavy (non-hydrogen) atoms. The minimum absolute atomic E-state index is 0.660. The van der Waals surface area contributed by atoms with Gasteiger partial charge in [0.15, 0.2) is 0 Å². The molecule has 0 amide bonds. The molecule has 2 rings (SSSR count). The number of rotatable bonds is 5. The number of para-hydroxylation sites is 1. The monoisotopic (exact) mass is 232 g/mol. The van der Waals surface area contributed by atoms with E-state index in [4.69, 9.17) is 0 Å². The molecule has 94 valence electrons. The fraction of sp³-hybridized carbons (Fsp3) is 0.600. The van der Waals surface area contributed by atoms with Crippen molar-refractivity contribution in [2.45, 2.75) is 45.2 Å². The van der Waals surface area contributed by atoms with E-state index in [2.05, 4.69) is 54.4 Å². The van der Waals surface area contributed by atoms with Gasteiger partial charge >= 0.3 is 0 Å². The molecular formula is C15H24N2. The molecular weight excluding hydrogens is 208 g/mol. The molecule has 2 unspecified atom stereocenters. The topological polar surface area (TPSA) is 15.3 Å². The van der Waals surface area contributed by atoms with Crippen molar-refractivity contribution in [3.63, 3.8) is 0 Å². The van der Waals surface area contributed by atoms with Gasteiger partial charge in [0.05, 0.1) is 0 Å². The first-order chi connectivity index (χ1) is 8.31. The summed E-state index contributed by atoms with van der Waals surface area (Å²) in [6, 6.07) is 12.2. The molecule has 0 aromatic heterocycles. The first-order valence-corrected chi connectivity index (χ1v) is 6.86. The molecule has 0 saturated carbocycles. The van der Waals surface area contributed by atoms with Gasteiger partial charge in [-0.05, 0) is 31.9 Å². The lowest BCUT2D eigenvalue weighted by Crippen LogP contribution is -2.37. The first-order valence-electron chi connectivity index (χ1n) is 6.86. The van der Waals surface area contributed by atoms with Crippen molar-refractivity contribution < 1.29 is 0 Å². The molecule has 1 aliphatic rings. The van der Waals surface area contributed by atoms with E-state index < -0.39 is 0 Å². The number of hydrogen-bond donors (Lipinski definition) is 1. The number of nitrogens with zero attached hydrogens (tertiary/aromatic N) is 1. The lowest BCUT2D eigenvalue weighted by molar-refractivity contribution is 0.597. The van der Waals surface area contributed by atoms with E-state index in [1.165, 1.54) is 31.5 Å².